The van der Waals surface area contributed by atoms with E-state index in [4.69, 9.17) is 25.3 Å². The van der Waals surface area contributed by atoms with Crippen molar-refractivity contribution in [1.82, 2.24) is 4.90 Å². The Morgan fingerprint density at radius 3 is 2.39 bits per heavy atom. The molecule has 3 aromatic rings. The number of imide groups is 1. The number of nitrogens with zero attached hydrogens (tertiary/aromatic N) is 1. The topological polar surface area (TPSA) is 99.2 Å². The molecule has 0 bridgehead atoms. The molecule has 1 aliphatic heterocycles. The zero-order chi connectivity index (χ0) is 25.7. The molecule has 1 saturated heterocycles. The van der Waals surface area contributed by atoms with Crippen molar-refractivity contribution in [3.8, 4) is 17.2 Å². The van der Waals surface area contributed by atoms with Crippen LogP contribution in [-0.2, 0) is 14.9 Å². The van der Waals surface area contributed by atoms with E-state index in [0.29, 0.717) is 16.3 Å². The lowest BCUT2D eigenvalue weighted by molar-refractivity contribution is -0.123. The number of methoxy groups -OCH3 is 1. The number of hydrogen-bond acceptors (Lipinski definition) is 8. The molecule has 11 heteroatoms. The van der Waals surface area contributed by atoms with Gasteiger partial charge in [0.1, 0.15) is 17.3 Å². The maximum Gasteiger partial charge on any atom is 0.339 e. The number of rotatable bonds is 9. The van der Waals surface area contributed by atoms with Crippen LogP contribution in [0.2, 0.25) is 5.02 Å². The highest BCUT2D eigenvalue weighted by Gasteiger charge is 2.35. The molecule has 186 valence electrons. The zero-order valence-electron chi connectivity index (χ0n) is 18.9. The van der Waals surface area contributed by atoms with Crippen LogP contribution in [0.5, 0.6) is 17.2 Å². The highest BCUT2D eigenvalue weighted by Crippen LogP contribution is 2.35. The fourth-order valence-corrected chi connectivity index (χ4v) is 5.15. The second-order valence-electron chi connectivity index (χ2n) is 7.40. The maximum atomic E-state index is 12.8. The van der Waals surface area contributed by atoms with E-state index in [2.05, 4.69) is 0 Å². The summed E-state index contributed by atoms with van der Waals surface area (Å²) < 4.78 is 41.6. The standard InChI is InChI=1S/C25H20ClNO7S2/c1-32-21-12-7-17(15-22(21)34-36(30,31)20-10-8-18(26)9-11-20)16-23-24(28)27(25(29)35-23)13-14-33-19-5-3-2-4-6-19/h2-12,15-16H,13-14H2,1H3/b23-16-. The minimum absolute atomic E-state index is 0.0725. The molecule has 0 saturated carbocycles. The molecular weight excluding hydrogens is 526 g/mol. The van der Waals surface area contributed by atoms with Crippen LogP contribution >= 0.6 is 23.4 Å². The molecule has 2 amide bonds. The summed E-state index contributed by atoms with van der Waals surface area (Å²) in [5.41, 5.74) is 0.447. The summed E-state index contributed by atoms with van der Waals surface area (Å²) in [5, 5.41) is -0.0349. The quantitative estimate of drug-likeness (QED) is 0.266. The average Bonchev–Trinajstić information content (AvgIpc) is 3.12. The maximum absolute atomic E-state index is 12.8. The number of thioether (sulfide) groups is 1. The Bertz CT molecular complexity index is 1410. The van der Waals surface area contributed by atoms with Gasteiger partial charge < -0.3 is 13.7 Å². The van der Waals surface area contributed by atoms with Crippen LogP contribution in [0.1, 0.15) is 5.56 Å². The molecule has 0 aromatic heterocycles. The van der Waals surface area contributed by atoms with Crippen molar-refractivity contribution in [2.75, 3.05) is 20.3 Å². The van der Waals surface area contributed by atoms with E-state index in [9.17, 15) is 18.0 Å². The van der Waals surface area contributed by atoms with Gasteiger partial charge >= 0.3 is 10.1 Å². The Kier molecular flexibility index (Phi) is 7.88. The highest BCUT2D eigenvalue weighted by molar-refractivity contribution is 8.18. The second kappa shape index (κ2) is 11.1. The van der Waals surface area contributed by atoms with Crippen LogP contribution in [0.15, 0.2) is 82.6 Å². The predicted octanol–water partition coefficient (Wildman–Crippen LogP) is 5.23. The van der Waals surface area contributed by atoms with E-state index >= 15 is 0 Å². The summed E-state index contributed by atoms with van der Waals surface area (Å²) in [5.74, 6) is 0.278. The van der Waals surface area contributed by atoms with Crippen molar-refractivity contribution in [2.24, 2.45) is 0 Å². The molecule has 3 aromatic carbocycles. The van der Waals surface area contributed by atoms with Gasteiger partial charge in [-0.3, -0.25) is 14.5 Å². The number of amides is 2. The van der Waals surface area contributed by atoms with E-state index < -0.39 is 21.3 Å². The number of para-hydroxylation sites is 1. The van der Waals surface area contributed by atoms with Crippen molar-refractivity contribution in [1.29, 1.82) is 0 Å². The summed E-state index contributed by atoms with van der Waals surface area (Å²) in [6, 6.07) is 19.1. The summed E-state index contributed by atoms with van der Waals surface area (Å²) in [6.07, 6.45) is 1.49. The molecule has 0 radical (unpaired) electrons. The van der Waals surface area contributed by atoms with E-state index in [-0.39, 0.29) is 34.5 Å². The van der Waals surface area contributed by atoms with Crippen LogP contribution in [0.3, 0.4) is 0 Å². The van der Waals surface area contributed by atoms with Crippen molar-refractivity contribution in [3.63, 3.8) is 0 Å². The van der Waals surface area contributed by atoms with Crippen LogP contribution < -0.4 is 13.7 Å². The van der Waals surface area contributed by atoms with Crippen LogP contribution in [0.4, 0.5) is 4.79 Å². The molecular formula is C25H20ClNO7S2. The zero-order valence-corrected chi connectivity index (χ0v) is 21.3. The molecule has 1 aliphatic rings. The molecule has 8 nitrogen and oxygen atoms in total. The van der Waals surface area contributed by atoms with Gasteiger partial charge in [0.05, 0.1) is 18.6 Å². The number of carbonyl (C=O) groups is 2. The summed E-state index contributed by atoms with van der Waals surface area (Å²) in [6.45, 7) is 0.242. The summed E-state index contributed by atoms with van der Waals surface area (Å²) >= 11 is 6.62. The summed E-state index contributed by atoms with van der Waals surface area (Å²) in [4.78, 5) is 26.4. The number of ether oxygens (including phenoxy) is 2. The van der Waals surface area contributed by atoms with Crippen molar-refractivity contribution in [3.05, 3.63) is 88.3 Å². The number of halogens is 1. The first-order valence-electron chi connectivity index (χ1n) is 10.6. The van der Waals surface area contributed by atoms with Crippen LogP contribution in [-0.4, -0.2) is 44.7 Å². The second-order valence-corrected chi connectivity index (χ2v) is 10.4. The third-order valence-electron chi connectivity index (χ3n) is 4.99. The smallest absolute Gasteiger partial charge is 0.339 e. The lowest BCUT2D eigenvalue weighted by Crippen LogP contribution is -2.32. The fourth-order valence-electron chi connectivity index (χ4n) is 3.23. The van der Waals surface area contributed by atoms with Gasteiger partial charge in [-0.15, -0.1) is 0 Å². The Morgan fingerprint density at radius 2 is 1.69 bits per heavy atom. The van der Waals surface area contributed by atoms with Crippen molar-refractivity contribution >= 4 is 50.7 Å². The van der Waals surface area contributed by atoms with Gasteiger partial charge in [0, 0.05) is 5.02 Å². The molecule has 0 N–H and O–H groups in total. The number of hydrogen-bond donors (Lipinski definition) is 0. The number of benzene rings is 3. The van der Waals surface area contributed by atoms with Gasteiger partial charge in [-0.05, 0) is 71.9 Å². The lowest BCUT2D eigenvalue weighted by Gasteiger charge is -2.13. The molecule has 1 fully saturated rings. The van der Waals surface area contributed by atoms with E-state index in [1.165, 1.54) is 49.6 Å². The summed E-state index contributed by atoms with van der Waals surface area (Å²) in [7, 11) is -2.80. The number of carbonyl (C=O) groups excluding carboxylic acids is 2. The fraction of sp³-hybridized carbons (Fsp3) is 0.120. The molecule has 36 heavy (non-hydrogen) atoms. The normalized spacial score (nSPS) is 14.8. The highest BCUT2D eigenvalue weighted by atomic mass is 35.5. The van der Waals surface area contributed by atoms with E-state index in [0.717, 1.165) is 16.7 Å². The SMILES string of the molecule is COc1ccc(/C=C2\SC(=O)N(CCOc3ccccc3)C2=O)cc1OS(=O)(=O)c1ccc(Cl)cc1. The largest absolute Gasteiger partial charge is 0.493 e. The van der Waals surface area contributed by atoms with Gasteiger partial charge in [-0.2, -0.15) is 8.42 Å². The molecule has 0 aliphatic carbocycles. The van der Waals surface area contributed by atoms with Gasteiger partial charge in [-0.25, -0.2) is 0 Å². The lowest BCUT2D eigenvalue weighted by atomic mass is 10.2. The van der Waals surface area contributed by atoms with Gasteiger partial charge in [0.15, 0.2) is 11.5 Å². The first-order chi connectivity index (χ1) is 17.3. The third kappa shape index (κ3) is 6.01. The molecule has 0 unspecified atom stereocenters. The molecule has 0 atom stereocenters. The monoisotopic (exact) mass is 545 g/mol. The Morgan fingerprint density at radius 1 is 0.972 bits per heavy atom. The van der Waals surface area contributed by atoms with E-state index in [1.54, 1.807) is 18.2 Å². The van der Waals surface area contributed by atoms with Crippen molar-refractivity contribution < 1.29 is 31.7 Å². The first kappa shape index (κ1) is 25.6. The first-order valence-corrected chi connectivity index (χ1v) is 13.2. The van der Waals surface area contributed by atoms with Gasteiger partial charge in [0.2, 0.25) is 0 Å². The van der Waals surface area contributed by atoms with Crippen LogP contribution in [0.25, 0.3) is 6.08 Å². The van der Waals surface area contributed by atoms with E-state index in [1.807, 2.05) is 18.2 Å². The van der Waals surface area contributed by atoms with Crippen LogP contribution in [0, 0.1) is 0 Å². The van der Waals surface area contributed by atoms with Crippen molar-refractivity contribution in [2.45, 2.75) is 4.90 Å². The Labute approximate surface area is 217 Å². The average molecular weight is 546 g/mol. The molecule has 4 rings (SSSR count). The Balaban J connectivity index is 1.50. The van der Waals surface area contributed by atoms with Gasteiger partial charge in [-0.1, -0.05) is 35.9 Å². The Hall–Kier alpha value is -3.47. The predicted molar refractivity (Wildman–Crippen MR) is 137 cm³/mol. The minimum Gasteiger partial charge on any atom is -0.493 e. The van der Waals surface area contributed by atoms with Gasteiger partial charge in [0.25, 0.3) is 11.1 Å². The molecule has 1 heterocycles. The third-order valence-corrected chi connectivity index (χ3v) is 7.40. The molecule has 0 spiro atoms. The minimum atomic E-state index is -4.18.